The molecule has 0 fully saturated rings. The molecule has 0 bridgehead atoms. The number of benzene rings is 1. The topological polar surface area (TPSA) is 85.4 Å². The Bertz CT molecular complexity index is 662. The van der Waals surface area contributed by atoms with Gasteiger partial charge in [0, 0.05) is 26.8 Å². The SMILES string of the molecule is COCCCNC(=O)c1cnc(NCCc2cccc(OC)c2)cn1. The number of nitrogens with zero attached hydrogens (tertiary/aromatic N) is 2. The van der Waals surface area contributed by atoms with E-state index in [1.165, 1.54) is 11.8 Å². The molecule has 1 amide bonds. The quantitative estimate of drug-likeness (QED) is 0.641. The van der Waals surface area contributed by atoms with Gasteiger partial charge in [0.05, 0.1) is 19.5 Å². The molecule has 0 aliphatic rings. The molecule has 0 saturated heterocycles. The van der Waals surface area contributed by atoms with Gasteiger partial charge in [-0.05, 0) is 30.5 Å². The minimum atomic E-state index is -0.230. The molecule has 1 aromatic carbocycles. The molecule has 2 N–H and O–H groups in total. The average Bonchev–Trinajstić information content (AvgIpc) is 2.66. The third-order valence-corrected chi connectivity index (χ3v) is 3.55. The first-order valence-corrected chi connectivity index (χ1v) is 8.19. The Morgan fingerprint density at radius 1 is 1.16 bits per heavy atom. The van der Waals surface area contributed by atoms with Crippen LogP contribution >= 0.6 is 0 Å². The maximum Gasteiger partial charge on any atom is 0.271 e. The number of hydrogen-bond donors (Lipinski definition) is 2. The lowest BCUT2D eigenvalue weighted by molar-refractivity contribution is 0.0943. The monoisotopic (exact) mass is 344 g/mol. The average molecular weight is 344 g/mol. The molecule has 0 spiro atoms. The minimum Gasteiger partial charge on any atom is -0.497 e. The van der Waals surface area contributed by atoms with Crippen molar-refractivity contribution < 1.29 is 14.3 Å². The summed E-state index contributed by atoms with van der Waals surface area (Å²) in [5.74, 6) is 1.25. The summed E-state index contributed by atoms with van der Waals surface area (Å²) in [6, 6.07) is 7.94. The normalized spacial score (nSPS) is 10.3. The van der Waals surface area contributed by atoms with E-state index < -0.39 is 0 Å². The Hall–Kier alpha value is -2.67. The van der Waals surface area contributed by atoms with Crippen molar-refractivity contribution in [1.29, 1.82) is 0 Å². The van der Waals surface area contributed by atoms with Gasteiger partial charge < -0.3 is 20.1 Å². The molecule has 0 unspecified atom stereocenters. The van der Waals surface area contributed by atoms with Crippen LogP contribution in [-0.4, -0.2) is 49.8 Å². The van der Waals surface area contributed by atoms with Crippen LogP contribution in [0.4, 0.5) is 5.82 Å². The number of rotatable bonds is 10. The van der Waals surface area contributed by atoms with Crippen molar-refractivity contribution in [3.8, 4) is 5.75 Å². The molecule has 25 heavy (non-hydrogen) atoms. The Morgan fingerprint density at radius 2 is 2.04 bits per heavy atom. The van der Waals surface area contributed by atoms with E-state index in [4.69, 9.17) is 9.47 Å². The van der Waals surface area contributed by atoms with Crippen molar-refractivity contribution in [2.45, 2.75) is 12.8 Å². The van der Waals surface area contributed by atoms with Crippen LogP contribution in [0, 0.1) is 0 Å². The molecule has 0 saturated carbocycles. The van der Waals surface area contributed by atoms with E-state index in [-0.39, 0.29) is 5.91 Å². The fourth-order valence-electron chi connectivity index (χ4n) is 2.21. The maximum absolute atomic E-state index is 11.9. The number of ether oxygens (including phenoxy) is 2. The van der Waals surface area contributed by atoms with Gasteiger partial charge in [0.2, 0.25) is 0 Å². The molecule has 1 heterocycles. The lowest BCUT2D eigenvalue weighted by Gasteiger charge is -2.08. The smallest absolute Gasteiger partial charge is 0.271 e. The molecular weight excluding hydrogens is 320 g/mol. The predicted octanol–water partition coefficient (Wildman–Crippen LogP) is 1.91. The second kappa shape index (κ2) is 10.2. The Balaban J connectivity index is 1.76. The zero-order chi connectivity index (χ0) is 17.9. The zero-order valence-electron chi connectivity index (χ0n) is 14.6. The largest absolute Gasteiger partial charge is 0.497 e. The number of anilines is 1. The van der Waals surface area contributed by atoms with Crippen LogP contribution in [0.1, 0.15) is 22.5 Å². The van der Waals surface area contributed by atoms with Gasteiger partial charge in [-0.3, -0.25) is 4.79 Å². The highest BCUT2D eigenvalue weighted by atomic mass is 16.5. The summed E-state index contributed by atoms with van der Waals surface area (Å²) in [4.78, 5) is 20.3. The van der Waals surface area contributed by atoms with Crippen molar-refractivity contribution in [1.82, 2.24) is 15.3 Å². The molecule has 0 radical (unpaired) electrons. The second-order valence-electron chi connectivity index (χ2n) is 5.42. The van der Waals surface area contributed by atoms with E-state index in [0.29, 0.717) is 31.2 Å². The fourth-order valence-corrected chi connectivity index (χ4v) is 2.21. The van der Waals surface area contributed by atoms with Gasteiger partial charge in [0.15, 0.2) is 0 Å². The fraction of sp³-hybridized carbons (Fsp3) is 0.389. The Morgan fingerprint density at radius 3 is 2.76 bits per heavy atom. The third kappa shape index (κ3) is 6.39. The van der Waals surface area contributed by atoms with E-state index >= 15 is 0 Å². The molecule has 0 aliphatic heterocycles. The first-order chi connectivity index (χ1) is 12.2. The van der Waals surface area contributed by atoms with Crippen molar-refractivity contribution in [2.75, 3.05) is 39.2 Å². The number of carbonyl (C=O) groups excluding carboxylic acids is 1. The summed E-state index contributed by atoms with van der Waals surface area (Å²) < 4.78 is 10.1. The molecule has 2 aromatic rings. The summed E-state index contributed by atoms with van der Waals surface area (Å²) in [6.45, 7) is 1.88. The van der Waals surface area contributed by atoms with Crippen LogP contribution in [0.15, 0.2) is 36.7 Å². The molecule has 7 heteroatoms. The van der Waals surface area contributed by atoms with E-state index in [0.717, 1.165) is 18.6 Å². The number of carbonyl (C=O) groups is 1. The zero-order valence-corrected chi connectivity index (χ0v) is 14.6. The predicted molar refractivity (Wildman–Crippen MR) is 96.0 cm³/mol. The van der Waals surface area contributed by atoms with Gasteiger partial charge in [-0.2, -0.15) is 0 Å². The highest BCUT2D eigenvalue weighted by Gasteiger charge is 2.07. The van der Waals surface area contributed by atoms with Crippen LogP contribution in [0.25, 0.3) is 0 Å². The minimum absolute atomic E-state index is 0.230. The van der Waals surface area contributed by atoms with E-state index in [2.05, 4.69) is 20.6 Å². The van der Waals surface area contributed by atoms with Crippen molar-refractivity contribution in [3.05, 3.63) is 47.9 Å². The molecule has 2 rings (SSSR count). The highest BCUT2D eigenvalue weighted by molar-refractivity contribution is 5.91. The third-order valence-electron chi connectivity index (χ3n) is 3.55. The van der Waals surface area contributed by atoms with Crippen LogP contribution in [0.2, 0.25) is 0 Å². The lowest BCUT2D eigenvalue weighted by Crippen LogP contribution is -2.26. The number of aromatic nitrogens is 2. The maximum atomic E-state index is 11.9. The van der Waals surface area contributed by atoms with E-state index in [1.807, 2.05) is 24.3 Å². The van der Waals surface area contributed by atoms with E-state index in [1.54, 1.807) is 20.4 Å². The number of methoxy groups -OCH3 is 2. The molecule has 7 nitrogen and oxygen atoms in total. The van der Waals surface area contributed by atoms with Gasteiger partial charge in [-0.1, -0.05) is 12.1 Å². The Labute approximate surface area is 147 Å². The molecule has 0 atom stereocenters. The molecular formula is C18H24N4O3. The molecule has 1 aromatic heterocycles. The molecule has 0 aliphatic carbocycles. The lowest BCUT2D eigenvalue weighted by atomic mass is 10.1. The van der Waals surface area contributed by atoms with Crippen LogP contribution in [-0.2, 0) is 11.2 Å². The standard InChI is InChI=1S/C18H24N4O3/c1-24-10-4-8-20-18(23)16-12-22-17(13-21-16)19-9-7-14-5-3-6-15(11-14)25-2/h3,5-6,11-13H,4,7-10H2,1-2H3,(H,19,22)(H,20,23). The van der Waals surface area contributed by atoms with Crippen LogP contribution in [0.3, 0.4) is 0 Å². The number of hydrogen-bond acceptors (Lipinski definition) is 6. The van der Waals surface area contributed by atoms with Gasteiger partial charge >= 0.3 is 0 Å². The Kier molecular flexibility index (Phi) is 7.65. The van der Waals surface area contributed by atoms with Gasteiger partial charge in [-0.25, -0.2) is 9.97 Å². The first-order valence-electron chi connectivity index (χ1n) is 8.19. The van der Waals surface area contributed by atoms with Crippen molar-refractivity contribution in [3.63, 3.8) is 0 Å². The summed E-state index contributed by atoms with van der Waals surface area (Å²) in [7, 11) is 3.29. The van der Waals surface area contributed by atoms with E-state index in [9.17, 15) is 4.79 Å². The second-order valence-corrected chi connectivity index (χ2v) is 5.42. The summed E-state index contributed by atoms with van der Waals surface area (Å²) in [5.41, 5.74) is 1.47. The highest BCUT2D eigenvalue weighted by Crippen LogP contribution is 2.13. The van der Waals surface area contributed by atoms with Gasteiger partial charge in [-0.15, -0.1) is 0 Å². The first kappa shape index (κ1) is 18.7. The van der Waals surface area contributed by atoms with Crippen LogP contribution < -0.4 is 15.4 Å². The molecule has 134 valence electrons. The van der Waals surface area contributed by atoms with Crippen molar-refractivity contribution >= 4 is 11.7 Å². The summed E-state index contributed by atoms with van der Waals surface area (Å²) in [5, 5.41) is 5.97. The summed E-state index contributed by atoms with van der Waals surface area (Å²) >= 11 is 0. The van der Waals surface area contributed by atoms with Crippen molar-refractivity contribution in [2.24, 2.45) is 0 Å². The summed E-state index contributed by atoms with van der Waals surface area (Å²) in [6.07, 6.45) is 4.63. The number of nitrogens with one attached hydrogen (secondary N) is 2. The van der Waals surface area contributed by atoms with Gasteiger partial charge in [0.25, 0.3) is 5.91 Å². The van der Waals surface area contributed by atoms with Gasteiger partial charge in [0.1, 0.15) is 17.3 Å². The van der Waals surface area contributed by atoms with Crippen LogP contribution in [0.5, 0.6) is 5.75 Å². The number of amides is 1.